The maximum atomic E-state index is 13.0. The van der Waals surface area contributed by atoms with Crippen molar-refractivity contribution in [3.8, 4) is 0 Å². The number of benzene rings is 2. The molecule has 2 aliphatic heterocycles. The van der Waals surface area contributed by atoms with Crippen LogP contribution in [0.2, 0.25) is 5.02 Å². The van der Waals surface area contributed by atoms with Gasteiger partial charge >= 0.3 is 0 Å². The Kier molecular flexibility index (Phi) is 3.63. The van der Waals surface area contributed by atoms with Gasteiger partial charge in [-0.3, -0.25) is 14.6 Å². The summed E-state index contributed by atoms with van der Waals surface area (Å²) in [7, 11) is 0. The highest BCUT2D eigenvalue weighted by molar-refractivity contribution is 6.31. The molecule has 3 nitrogen and oxygen atoms in total. The van der Waals surface area contributed by atoms with Crippen molar-refractivity contribution in [3.63, 3.8) is 0 Å². The summed E-state index contributed by atoms with van der Waals surface area (Å²) in [6.07, 6.45) is 2.00. The summed E-state index contributed by atoms with van der Waals surface area (Å²) < 4.78 is 0. The van der Waals surface area contributed by atoms with Gasteiger partial charge in [-0.15, -0.1) is 0 Å². The lowest BCUT2D eigenvalue weighted by atomic mass is 10.0. The number of carbonyl (C=O) groups excluding carboxylic acids is 1. The molecule has 0 aliphatic carbocycles. The summed E-state index contributed by atoms with van der Waals surface area (Å²) in [5.41, 5.74) is 3.29. The van der Waals surface area contributed by atoms with E-state index in [-0.39, 0.29) is 18.1 Å². The minimum absolute atomic E-state index is 0.00131. The fourth-order valence-corrected chi connectivity index (χ4v) is 4.05. The maximum absolute atomic E-state index is 13.0. The minimum atomic E-state index is -0.0327. The fourth-order valence-electron chi connectivity index (χ4n) is 3.86. The van der Waals surface area contributed by atoms with Crippen LogP contribution in [0, 0.1) is 6.92 Å². The van der Waals surface area contributed by atoms with Gasteiger partial charge in [0.1, 0.15) is 6.17 Å². The molecular weight excluding hydrogens is 308 g/mol. The highest BCUT2D eigenvalue weighted by Gasteiger charge is 2.49. The van der Waals surface area contributed by atoms with Crippen molar-refractivity contribution in [3.05, 3.63) is 64.7 Å². The van der Waals surface area contributed by atoms with Gasteiger partial charge in [0.15, 0.2) is 0 Å². The number of carbonyl (C=O) groups is 1. The lowest BCUT2D eigenvalue weighted by Gasteiger charge is -2.31. The van der Waals surface area contributed by atoms with Gasteiger partial charge < -0.3 is 0 Å². The molecule has 0 radical (unpaired) electrons. The molecule has 4 heteroatoms. The average Bonchev–Trinajstić information content (AvgIpc) is 3.10. The number of halogens is 1. The van der Waals surface area contributed by atoms with Crippen LogP contribution in [-0.4, -0.2) is 23.4 Å². The normalized spacial score (nSPS) is 24.3. The topological polar surface area (TPSA) is 23.6 Å². The van der Waals surface area contributed by atoms with Crippen molar-refractivity contribution < 1.29 is 4.79 Å². The molecule has 0 spiro atoms. The van der Waals surface area contributed by atoms with E-state index >= 15 is 0 Å². The van der Waals surface area contributed by atoms with Gasteiger partial charge in [-0.05, 0) is 49.1 Å². The Bertz CT molecular complexity index is 761. The molecule has 2 saturated heterocycles. The van der Waals surface area contributed by atoms with Crippen LogP contribution in [0.3, 0.4) is 0 Å². The monoisotopic (exact) mass is 326 g/mol. The first-order valence-electron chi connectivity index (χ1n) is 8.07. The molecule has 2 aromatic rings. The Morgan fingerprint density at radius 1 is 1.13 bits per heavy atom. The maximum Gasteiger partial charge on any atom is 0.246 e. The molecule has 2 aromatic carbocycles. The first kappa shape index (κ1) is 14.7. The third-order valence-corrected chi connectivity index (χ3v) is 5.16. The van der Waals surface area contributed by atoms with Crippen LogP contribution in [0.15, 0.2) is 48.5 Å². The molecule has 0 aromatic heterocycles. The lowest BCUT2D eigenvalue weighted by Crippen LogP contribution is -2.32. The van der Waals surface area contributed by atoms with E-state index in [1.165, 1.54) is 11.1 Å². The van der Waals surface area contributed by atoms with Crippen LogP contribution in [0.25, 0.3) is 0 Å². The molecule has 0 N–H and O–H groups in total. The largest absolute Gasteiger partial charge is 0.290 e. The summed E-state index contributed by atoms with van der Waals surface area (Å²) in [6, 6.07) is 15.9. The van der Waals surface area contributed by atoms with Crippen LogP contribution < -0.4 is 4.90 Å². The Morgan fingerprint density at radius 3 is 2.74 bits per heavy atom. The van der Waals surface area contributed by atoms with Gasteiger partial charge in [0, 0.05) is 17.3 Å². The van der Waals surface area contributed by atoms with Gasteiger partial charge in [0.25, 0.3) is 0 Å². The van der Waals surface area contributed by atoms with Gasteiger partial charge in [0.2, 0.25) is 5.91 Å². The quantitative estimate of drug-likeness (QED) is 0.827. The van der Waals surface area contributed by atoms with E-state index in [0.717, 1.165) is 25.1 Å². The average molecular weight is 327 g/mol. The van der Waals surface area contributed by atoms with E-state index in [1.807, 2.05) is 41.3 Å². The van der Waals surface area contributed by atoms with E-state index < -0.39 is 0 Å². The summed E-state index contributed by atoms with van der Waals surface area (Å²) in [5.74, 6) is 0.193. The fraction of sp³-hybridized carbons (Fsp3) is 0.316. The number of hydrogen-bond acceptors (Lipinski definition) is 2. The van der Waals surface area contributed by atoms with Crippen LogP contribution >= 0.6 is 11.6 Å². The zero-order valence-corrected chi connectivity index (χ0v) is 13.8. The Morgan fingerprint density at radius 2 is 1.96 bits per heavy atom. The summed E-state index contributed by atoms with van der Waals surface area (Å²) in [6.45, 7) is 3.08. The Balaban J connectivity index is 1.85. The highest BCUT2D eigenvalue weighted by Crippen LogP contribution is 2.43. The molecule has 2 atom stereocenters. The first-order chi connectivity index (χ1) is 11.2. The number of amides is 1. The summed E-state index contributed by atoms with van der Waals surface area (Å²) in [5, 5.41) is 0.658. The van der Waals surface area contributed by atoms with E-state index in [4.69, 9.17) is 11.6 Å². The van der Waals surface area contributed by atoms with Crippen molar-refractivity contribution in [2.24, 2.45) is 0 Å². The zero-order valence-electron chi connectivity index (χ0n) is 13.1. The minimum Gasteiger partial charge on any atom is -0.290 e. The molecule has 2 aliphatic rings. The van der Waals surface area contributed by atoms with Crippen molar-refractivity contribution >= 4 is 23.2 Å². The first-order valence-corrected chi connectivity index (χ1v) is 8.44. The van der Waals surface area contributed by atoms with Crippen molar-refractivity contribution in [1.29, 1.82) is 0 Å². The molecule has 4 rings (SSSR count). The lowest BCUT2D eigenvalue weighted by molar-refractivity contribution is -0.119. The second kappa shape index (κ2) is 5.66. The van der Waals surface area contributed by atoms with Gasteiger partial charge in [-0.1, -0.05) is 41.9 Å². The number of nitrogens with zero attached hydrogens (tertiary/aromatic N) is 2. The smallest absolute Gasteiger partial charge is 0.246 e. The zero-order chi connectivity index (χ0) is 16.0. The molecule has 118 valence electrons. The molecule has 2 fully saturated rings. The highest BCUT2D eigenvalue weighted by atomic mass is 35.5. The van der Waals surface area contributed by atoms with E-state index in [9.17, 15) is 4.79 Å². The second-order valence-corrected chi connectivity index (χ2v) is 6.75. The van der Waals surface area contributed by atoms with E-state index in [0.29, 0.717) is 5.02 Å². The number of aryl methyl sites for hydroxylation is 1. The van der Waals surface area contributed by atoms with Gasteiger partial charge in [-0.25, -0.2) is 0 Å². The predicted octanol–water partition coefficient (Wildman–Crippen LogP) is 4.16. The molecule has 0 unspecified atom stereocenters. The molecule has 23 heavy (non-hydrogen) atoms. The Hall–Kier alpha value is -1.84. The van der Waals surface area contributed by atoms with Crippen molar-refractivity contribution in [2.45, 2.75) is 32.0 Å². The molecule has 1 amide bonds. The Labute approximate surface area is 141 Å². The molecule has 2 heterocycles. The van der Waals surface area contributed by atoms with Gasteiger partial charge in [-0.2, -0.15) is 0 Å². The van der Waals surface area contributed by atoms with E-state index in [2.05, 4.69) is 24.0 Å². The summed E-state index contributed by atoms with van der Waals surface area (Å²) >= 11 is 6.17. The predicted molar refractivity (Wildman–Crippen MR) is 92.6 cm³/mol. The van der Waals surface area contributed by atoms with Crippen molar-refractivity contribution in [1.82, 2.24) is 4.90 Å². The van der Waals surface area contributed by atoms with Crippen molar-refractivity contribution in [2.75, 3.05) is 11.4 Å². The number of anilines is 1. The number of fused-ring (bicyclic) bond motifs is 1. The van der Waals surface area contributed by atoms with Gasteiger partial charge in [0.05, 0.1) is 6.04 Å². The molecule has 0 saturated carbocycles. The number of rotatable bonds is 2. The van der Waals surface area contributed by atoms with E-state index in [1.54, 1.807) is 0 Å². The van der Waals surface area contributed by atoms with Crippen LogP contribution in [0.4, 0.5) is 5.69 Å². The third-order valence-electron chi connectivity index (χ3n) is 4.93. The van der Waals surface area contributed by atoms with Crippen LogP contribution in [0.1, 0.15) is 30.1 Å². The summed E-state index contributed by atoms with van der Waals surface area (Å²) in [4.78, 5) is 17.3. The molecular formula is C19H19ClN2O. The standard InChI is InChI=1S/C19H19ClN2O/c1-13-6-2-3-9-16(13)18-21-11-5-10-17(21)19(23)22(18)15-8-4-7-14(20)12-15/h2-4,6-9,12,17-18H,5,10-11H2,1H3/t17-,18+/m0/s1. The van der Waals surface area contributed by atoms with Crippen LogP contribution in [-0.2, 0) is 4.79 Å². The molecule has 0 bridgehead atoms. The SMILES string of the molecule is Cc1ccccc1[C@H]1N(c2cccc(Cl)c2)C(=O)[C@@H]2CCCN21. The van der Waals surface area contributed by atoms with Crippen LogP contribution in [0.5, 0.6) is 0 Å². The number of hydrogen-bond donors (Lipinski definition) is 0. The third kappa shape index (κ3) is 2.35. The second-order valence-electron chi connectivity index (χ2n) is 6.31.